The van der Waals surface area contributed by atoms with Gasteiger partial charge < -0.3 is 24.8 Å². The van der Waals surface area contributed by atoms with Crippen molar-refractivity contribution < 1.29 is 19.0 Å². The highest BCUT2D eigenvalue weighted by Crippen LogP contribution is 2.54. The van der Waals surface area contributed by atoms with Crippen LogP contribution in [-0.4, -0.2) is 44.0 Å². The van der Waals surface area contributed by atoms with Crippen LogP contribution in [0.25, 0.3) is 11.1 Å². The zero-order valence-corrected chi connectivity index (χ0v) is 46.0. The number of hydrogen-bond donors (Lipinski definition) is 2. The number of carbonyl (C=O) groups is 1. The number of halogens is 6. The van der Waals surface area contributed by atoms with E-state index in [9.17, 15) is 4.79 Å². The molecule has 2 aliphatic carbocycles. The summed E-state index contributed by atoms with van der Waals surface area (Å²) < 4.78 is 19.3. The first-order chi connectivity index (χ1) is 35.1. The van der Waals surface area contributed by atoms with Crippen LogP contribution in [0.2, 0.25) is 20.1 Å². The van der Waals surface area contributed by atoms with Gasteiger partial charge in [0.2, 0.25) is 0 Å². The number of esters is 1. The van der Waals surface area contributed by atoms with Gasteiger partial charge in [0.05, 0.1) is 38.9 Å². The van der Waals surface area contributed by atoms with Crippen LogP contribution in [0, 0.1) is 0 Å². The van der Waals surface area contributed by atoms with E-state index >= 15 is 0 Å². The lowest BCUT2D eigenvalue weighted by molar-refractivity contribution is 0.0300. The molecule has 5 aromatic carbocycles. The Balaban J connectivity index is 1.45. The molecular weight excluding hydrogens is 1030 g/mol. The van der Waals surface area contributed by atoms with Gasteiger partial charge in [0, 0.05) is 52.9 Å². The number of benzene rings is 5. The predicted octanol–water partition coefficient (Wildman–Crippen LogP) is 18.7. The molecule has 8 rings (SSSR count). The van der Waals surface area contributed by atoms with Crippen molar-refractivity contribution in [2.75, 3.05) is 48.7 Å². The zero-order valence-electron chi connectivity index (χ0n) is 41.4. The number of hydrogen-bond acceptors (Lipinski definition) is 6. The maximum atomic E-state index is 14.8. The highest BCUT2D eigenvalue weighted by molar-refractivity contribution is 6.53. The predicted molar refractivity (Wildman–Crippen MR) is 304 cm³/mol. The molecule has 72 heavy (non-hydrogen) atoms. The third-order valence-corrected chi connectivity index (χ3v) is 16.6. The van der Waals surface area contributed by atoms with E-state index in [0.29, 0.717) is 55.5 Å². The minimum Gasteiger partial charge on any atom is -0.494 e. The summed E-state index contributed by atoms with van der Waals surface area (Å²) >= 11 is 41.0. The van der Waals surface area contributed by atoms with E-state index in [1.165, 1.54) is 36.8 Å². The number of anilines is 2. The van der Waals surface area contributed by atoms with E-state index in [2.05, 4.69) is 85.1 Å². The number of fused-ring (bicyclic) bond motifs is 1. The van der Waals surface area contributed by atoms with Crippen molar-refractivity contribution in [3.8, 4) is 11.5 Å². The quantitative estimate of drug-likeness (QED) is 0.0211. The number of ether oxygens (including phenoxy) is 3. The van der Waals surface area contributed by atoms with E-state index in [4.69, 9.17) is 83.8 Å². The molecule has 5 aromatic rings. The maximum Gasteiger partial charge on any atom is 0.341 e. The Morgan fingerprint density at radius 1 is 0.597 bits per heavy atom. The topological polar surface area (TPSA) is 68.8 Å². The highest BCUT2D eigenvalue weighted by atomic mass is 35.5. The molecule has 1 aliphatic heterocycles. The van der Waals surface area contributed by atoms with Gasteiger partial charge in [0.15, 0.2) is 5.60 Å². The largest absolute Gasteiger partial charge is 0.494 e. The van der Waals surface area contributed by atoms with E-state index < -0.39 is 11.6 Å². The molecule has 0 amide bonds. The molecule has 12 heteroatoms. The zero-order chi connectivity index (χ0) is 50.6. The molecule has 0 radical (unpaired) electrons. The van der Waals surface area contributed by atoms with E-state index in [0.717, 1.165) is 120 Å². The summed E-state index contributed by atoms with van der Waals surface area (Å²) in [5.74, 6) is 2.77. The average molecular weight is 1090 g/mol. The number of unbranched alkanes of at least 4 members (excludes halogenated alkanes) is 2. The molecule has 0 bridgehead atoms. The van der Waals surface area contributed by atoms with Crippen LogP contribution in [0.1, 0.15) is 165 Å². The van der Waals surface area contributed by atoms with Crippen LogP contribution in [-0.2, 0) is 10.3 Å². The molecule has 0 unspecified atom stereocenters. The maximum absolute atomic E-state index is 14.8. The van der Waals surface area contributed by atoms with Crippen molar-refractivity contribution in [1.82, 2.24) is 0 Å². The number of nitrogens with one attached hydrogen (secondary N) is 2. The van der Waals surface area contributed by atoms with Crippen molar-refractivity contribution in [3.05, 3.63) is 162 Å². The molecule has 0 saturated heterocycles. The Kier molecular flexibility index (Phi) is 19.6. The monoisotopic (exact) mass is 1090 g/mol. The van der Waals surface area contributed by atoms with E-state index in [1.54, 1.807) is 0 Å². The summed E-state index contributed by atoms with van der Waals surface area (Å²) in [6.45, 7) is 6.81. The van der Waals surface area contributed by atoms with Gasteiger partial charge in [-0.15, -0.1) is 23.2 Å². The van der Waals surface area contributed by atoms with Crippen LogP contribution >= 0.6 is 69.6 Å². The minimum absolute atomic E-state index is 0.0190. The molecule has 2 N–H and O–H groups in total. The molecular formula is C60H66Cl6N2O4. The van der Waals surface area contributed by atoms with Crippen molar-refractivity contribution in [3.63, 3.8) is 0 Å². The molecule has 0 spiro atoms. The van der Waals surface area contributed by atoms with Crippen molar-refractivity contribution in [2.24, 2.45) is 0 Å². The highest BCUT2D eigenvalue weighted by Gasteiger charge is 2.48. The van der Waals surface area contributed by atoms with Gasteiger partial charge in [-0.3, -0.25) is 0 Å². The average Bonchev–Trinajstić information content (AvgIpc) is 4.20. The number of rotatable bonds is 24. The third kappa shape index (κ3) is 12.6. The van der Waals surface area contributed by atoms with Gasteiger partial charge in [-0.2, -0.15) is 0 Å². The standard InChI is InChI=1S/C60H66Cl6N2O4/c1-3-5-33-70-45-23-17-41(18-24-45)49(47-27-21-43(39-13-7-8-14-39)35-51(47)67-31-11-29-61)37-60(54-53(59(69)72-60)55(63)57(65)58(66)56(54)64)38-50(42-19-25-46(26-20-42)71-34-6-4-2)48-28-22-44(40-15-9-10-16-40)36-52(48)68-32-12-30-62/h17-28,35-40,67-68H,3-16,29-34H2,1-2H3/b49-37+,50-38+. The van der Waals surface area contributed by atoms with Crippen molar-refractivity contribution in [2.45, 2.75) is 121 Å². The van der Waals surface area contributed by atoms with Crippen LogP contribution in [0.4, 0.5) is 11.4 Å². The van der Waals surface area contributed by atoms with E-state index in [-0.39, 0.29) is 25.7 Å². The fraction of sp³-hybridized carbons (Fsp3) is 0.417. The van der Waals surface area contributed by atoms with Gasteiger partial charge >= 0.3 is 5.97 Å². The first kappa shape index (κ1) is 54.3. The first-order valence-electron chi connectivity index (χ1n) is 26.0. The molecule has 6 nitrogen and oxygen atoms in total. The summed E-state index contributed by atoms with van der Waals surface area (Å²) in [7, 11) is 0. The molecule has 1 heterocycles. The number of alkyl halides is 2. The first-order valence-corrected chi connectivity index (χ1v) is 28.6. The van der Waals surface area contributed by atoms with Crippen LogP contribution in [0.3, 0.4) is 0 Å². The van der Waals surface area contributed by atoms with Gasteiger partial charge in [0.25, 0.3) is 0 Å². The van der Waals surface area contributed by atoms with Crippen molar-refractivity contribution >= 4 is 98.1 Å². The summed E-state index contributed by atoms with van der Waals surface area (Å²) in [5.41, 5.74) is 8.09. The fourth-order valence-electron chi connectivity index (χ4n) is 10.4. The molecule has 382 valence electrons. The second-order valence-electron chi connectivity index (χ2n) is 19.3. The summed E-state index contributed by atoms with van der Waals surface area (Å²) in [6, 6.07) is 29.6. The molecule has 2 saturated carbocycles. The SMILES string of the molecule is CCCCOc1ccc(/C(=C\C2(/C=C(\c3ccc(OCCCC)cc3)c3ccc(C4CCCC4)cc3NCCCCl)OC(=O)c3c(Cl)c(Cl)c(Cl)c(Cl)c32)c2ccc(C3CCCC3)cc2NCCCCl)cc1. The lowest BCUT2D eigenvalue weighted by Crippen LogP contribution is -2.23. The summed E-state index contributed by atoms with van der Waals surface area (Å²) in [6.07, 6.45) is 18.9. The van der Waals surface area contributed by atoms with Gasteiger partial charge in [-0.1, -0.05) is 147 Å². The Morgan fingerprint density at radius 3 is 1.44 bits per heavy atom. The van der Waals surface area contributed by atoms with Crippen molar-refractivity contribution in [1.29, 1.82) is 0 Å². The summed E-state index contributed by atoms with van der Waals surface area (Å²) in [4.78, 5) is 14.8. The lowest BCUT2D eigenvalue weighted by atomic mass is 9.81. The molecule has 2 fully saturated rings. The third-order valence-electron chi connectivity index (χ3n) is 14.3. The second-order valence-corrected chi connectivity index (χ2v) is 21.5. The molecule has 3 aliphatic rings. The van der Waals surface area contributed by atoms with Gasteiger partial charge in [-0.05, 0) is 145 Å². The van der Waals surface area contributed by atoms with Gasteiger partial charge in [0.1, 0.15) is 11.5 Å². The Bertz CT molecular complexity index is 2570. The van der Waals surface area contributed by atoms with Crippen LogP contribution in [0.5, 0.6) is 11.5 Å². The minimum atomic E-state index is -1.73. The number of carbonyl (C=O) groups excluding carboxylic acids is 1. The number of cyclic esters (lactones) is 1. The Hall–Kier alpha value is -4.01. The van der Waals surface area contributed by atoms with Gasteiger partial charge in [-0.25, -0.2) is 4.79 Å². The summed E-state index contributed by atoms with van der Waals surface area (Å²) in [5, 5.41) is 7.55. The molecule has 0 atom stereocenters. The van der Waals surface area contributed by atoms with E-state index in [1.807, 2.05) is 36.4 Å². The smallest absolute Gasteiger partial charge is 0.341 e. The van der Waals surface area contributed by atoms with Crippen LogP contribution in [0.15, 0.2) is 97.1 Å². The Labute approximate surface area is 457 Å². The molecule has 0 aromatic heterocycles. The lowest BCUT2D eigenvalue weighted by Gasteiger charge is -2.29. The second kappa shape index (κ2) is 26.0. The fourth-order valence-corrected chi connectivity index (χ4v) is 11.7. The van der Waals surface area contributed by atoms with Crippen LogP contribution < -0.4 is 20.1 Å². The normalized spacial score (nSPS) is 16.0. The Morgan fingerprint density at radius 2 is 1.03 bits per heavy atom.